The minimum absolute atomic E-state index is 0.142. The molecule has 1 N–H and O–H groups in total. The van der Waals surface area contributed by atoms with Gasteiger partial charge in [0.15, 0.2) is 0 Å². The molecule has 3 rings (SSSR count). The Bertz CT molecular complexity index is 474. The Hall–Kier alpha value is -0.940. The molecule has 0 bridgehead atoms. The second kappa shape index (κ2) is 6.22. The molecule has 2 aliphatic rings. The summed E-state index contributed by atoms with van der Waals surface area (Å²) in [6, 6.07) is 0. The summed E-state index contributed by atoms with van der Waals surface area (Å²) in [5.41, 5.74) is 1.09. The van der Waals surface area contributed by atoms with Crippen LogP contribution < -0.4 is 0 Å². The van der Waals surface area contributed by atoms with Gasteiger partial charge in [0.05, 0.1) is 18.7 Å². The van der Waals surface area contributed by atoms with Gasteiger partial charge in [-0.05, 0) is 38.8 Å². The highest BCUT2D eigenvalue weighted by Crippen LogP contribution is 2.43. The fourth-order valence-electron chi connectivity index (χ4n) is 2.91. The lowest BCUT2D eigenvalue weighted by molar-refractivity contribution is -0.136. The Labute approximate surface area is 123 Å². The standard InChI is InChI=1S/C15H22N2O2S/c18-14(19)9-12-15(11-5-6-11)16-13(20-12)10-17-7-3-1-2-4-8-17/h11H,1-10H2,(H,18,19). The predicted octanol–water partition coefficient (Wildman–Crippen LogP) is 3.02. The number of likely N-dealkylation sites (tertiary alicyclic amines) is 1. The lowest BCUT2D eigenvalue weighted by Crippen LogP contribution is -2.23. The van der Waals surface area contributed by atoms with Crippen LogP contribution in [0.1, 0.15) is 60.0 Å². The molecule has 0 atom stereocenters. The van der Waals surface area contributed by atoms with Crippen molar-refractivity contribution in [3.63, 3.8) is 0 Å². The molecule has 0 aromatic carbocycles. The first-order valence-electron chi connectivity index (χ1n) is 7.65. The third kappa shape index (κ3) is 3.58. The van der Waals surface area contributed by atoms with Crippen LogP contribution in [0.2, 0.25) is 0 Å². The zero-order valence-electron chi connectivity index (χ0n) is 11.8. The van der Waals surface area contributed by atoms with Gasteiger partial charge in [-0.25, -0.2) is 4.98 Å². The van der Waals surface area contributed by atoms with E-state index >= 15 is 0 Å². The monoisotopic (exact) mass is 294 g/mol. The molecular formula is C15H22N2O2S. The molecule has 1 aromatic heterocycles. The van der Waals surface area contributed by atoms with Crippen molar-refractivity contribution >= 4 is 17.3 Å². The van der Waals surface area contributed by atoms with Crippen molar-refractivity contribution < 1.29 is 9.90 Å². The quantitative estimate of drug-likeness (QED) is 0.907. The van der Waals surface area contributed by atoms with Crippen LogP contribution in [0.5, 0.6) is 0 Å². The van der Waals surface area contributed by atoms with E-state index in [1.165, 1.54) is 38.5 Å². The predicted molar refractivity (Wildman–Crippen MR) is 79.2 cm³/mol. The summed E-state index contributed by atoms with van der Waals surface area (Å²) in [6.45, 7) is 3.23. The average molecular weight is 294 g/mol. The number of nitrogens with zero attached hydrogens (tertiary/aromatic N) is 2. The lowest BCUT2D eigenvalue weighted by Gasteiger charge is -2.17. The molecule has 1 aromatic rings. The number of aromatic nitrogens is 1. The Balaban J connectivity index is 1.70. The van der Waals surface area contributed by atoms with Gasteiger partial charge in [-0.2, -0.15) is 0 Å². The number of hydrogen-bond acceptors (Lipinski definition) is 4. The molecular weight excluding hydrogens is 272 g/mol. The first kappa shape index (κ1) is 14.0. The molecule has 20 heavy (non-hydrogen) atoms. The first-order valence-corrected chi connectivity index (χ1v) is 8.46. The number of rotatable bonds is 5. The van der Waals surface area contributed by atoms with E-state index < -0.39 is 5.97 Å². The fourth-order valence-corrected chi connectivity index (χ4v) is 4.10. The van der Waals surface area contributed by atoms with Gasteiger partial charge in [-0.1, -0.05) is 12.8 Å². The van der Waals surface area contributed by atoms with Crippen molar-refractivity contribution in [1.82, 2.24) is 9.88 Å². The summed E-state index contributed by atoms with van der Waals surface area (Å²) in [6.07, 6.45) is 7.74. The molecule has 0 spiro atoms. The van der Waals surface area contributed by atoms with Crippen molar-refractivity contribution in [2.75, 3.05) is 13.1 Å². The van der Waals surface area contributed by atoms with E-state index in [4.69, 9.17) is 10.1 Å². The van der Waals surface area contributed by atoms with E-state index in [9.17, 15) is 4.79 Å². The van der Waals surface area contributed by atoms with Crippen LogP contribution in [-0.4, -0.2) is 34.0 Å². The Kier molecular flexibility index (Phi) is 4.36. The normalized spacial score (nSPS) is 20.8. The zero-order valence-corrected chi connectivity index (χ0v) is 12.6. The topological polar surface area (TPSA) is 53.4 Å². The average Bonchev–Trinajstić information content (AvgIpc) is 3.18. The van der Waals surface area contributed by atoms with Gasteiger partial charge in [0.2, 0.25) is 0 Å². The highest BCUT2D eigenvalue weighted by molar-refractivity contribution is 7.11. The molecule has 5 heteroatoms. The highest BCUT2D eigenvalue weighted by atomic mass is 32.1. The molecule has 0 radical (unpaired) electrons. The van der Waals surface area contributed by atoms with Crippen molar-refractivity contribution in [3.8, 4) is 0 Å². The molecule has 0 amide bonds. The SMILES string of the molecule is O=C(O)Cc1sc(CN2CCCCCC2)nc1C1CC1. The maximum Gasteiger partial charge on any atom is 0.308 e. The van der Waals surface area contributed by atoms with Gasteiger partial charge in [-0.15, -0.1) is 11.3 Å². The maximum absolute atomic E-state index is 11.0. The second-order valence-corrected chi connectivity index (χ2v) is 7.12. The second-order valence-electron chi connectivity index (χ2n) is 5.95. The van der Waals surface area contributed by atoms with Gasteiger partial charge < -0.3 is 5.11 Å². The van der Waals surface area contributed by atoms with Crippen LogP contribution in [0.3, 0.4) is 0 Å². The molecule has 1 aliphatic carbocycles. The van der Waals surface area contributed by atoms with E-state index in [0.717, 1.165) is 35.2 Å². The Morgan fingerprint density at radius 2 is 1.95 bits per heavy atom. The third-order valence-corrected chi connectivity index (χ3v) is 5.16. The Morgan fingerprint density at radius 3 is 2.55 bits per heavy atom. The Morgan fingerprint density at radius 1 is 1.25 bits per heavy atom. The summed E-state index contributed by atoms with van der Waals surface area (Å²) >= 11 is 1.62. The molecule has 0 unspecified atom stereocenters. The van der Waals surface area contributed by atoms with Crippen LogP contribution in [0.25, 0.3) is 0 Å². The molecule has 110 valence electrons. The van der Waals surface area contributed by atoms with Gasteiger partial charge in [0.25, 0.3) is 0 Å². The molecule has 1 saturated carbocycles. The number of hydrogen-bond donors (Lipinski definition) is 1. The van der Waals surface area contributed by atoms with Gasteiger partial charge >= 0.3 is 5.97 Å². The van der Waals surface area contributed by atoms with Crippen molar-refractivity contribution in [2.45, 2.75) is 57.4 Å². The van der Waals surface area contributed by atoms with Crippen LogP contribution in [0.4, 0.5) is 0 Å². The highest BCUT2D eigenvalue weighted by Gasteiger charge is 2.30. The van der Waals surface area contributed by atoms with E-state index in [-0.39, 0.29) is 6.42 Å². The van der Waals surface area contributed by atoms with Crippen LogP contribution in [-0.2, 0) is 17.8 Å². The number of carboxylic acids is 1. The molecule has 1 saturated heterocycles. The summed E-state index contributed by atoms with van der Waals surface area (Å²) in [5.74, 6) is -0.199. The molecule has 4 nitrogen and oxygen atoms in total. The number of carbonyl (C=O) groups is 1. The fraction of sp³-hybridized carbons (Fsp3) is 0.733. The van der Waals surface area contributed by atoms with Crippen molar-refractivity contribution in [1.29, 1.82) is 0 Å². The van der Waals surface area contributed by atoms with E-state index in [1.807, 2.05) is 0 Å². The van der Waals surface area contributed by atoms with Gasteiger partial charge in [-0.3, -0.25) is 9.69 Å². The first-order chi connectivity index (χ1) is 9.72. The molecule has 2 heterocycles. The van der Waals surface area contributed by atoms with Gasteiger partial charge in [0, 0.05) is 10.8 Å². The van der Waals surface area contributed by atoms with Crippen molar-refractivity contribution in [3.05, 3.63) is 15.6 Å². The largest absolute Gasteiger partial charge is 0.481 e. The minimum Gasteiger partial charge on any atom is -0.481 e. The van der Waals surface area contributed by atoms with Crippen molar-refractivity contribution in [2.24, 2.45) is 0 Å². The maximum atomic E-state index is 11.0. The van der Waals surface area contributed by atoms with Crippen LogP contribution in [0.15, 0.2) is 0 Å². The minimum atomic E-state index is -0.739. The molecule has 2 fully saturated rings. The summed E-state index contributed by atoms with van der Waals surface area (Å²) in [5, 5.41) is 10.1. The van der Waals surface area contributed by atoms with E-state index in [1.54, 1.807) is 11.3 Å². The van der Waals surface area contributed by atoms with E-state index in [2.05, 4.69) is 4.90 Å². The van der Waals surface area contributed by atoms with E-state index in [0.29, 0.717) is 5.92 Å². The zero-order chi connectivity index (χ0) is 13.9. The van der Waals surface area contributed by atoms with Gasteiger partial charge in [0.1, 0.15) is 5.01 Å². The third-order valence-electron chi connectivity index (χ3n) is 4.11. The lowest BCUT2D eigenvalue weighted by atomic mass is 10.2. The smallest absolute Gasteiger partial charge is 0.308 e. The summed E-state index contributed by atoms with van der Waals surface area (Å²) in [4.78, 5) is 19.2. The number of carboxylic acid groups (broad SMARTS) is 1. The summed E-state index contributed by atoms with van der Waals surface area (Å²) in [7, 11) is 0. The van der Waals surface area contributed by atoms with Crippen LogP contribution in [0, 0.1) is 0 Å². The number of aliphatic carboxylic acids is 1. The summed E-state index contributed by atoms with van der Waals surface area (Å²) < 4.78 is 0. The van der Waals surface area contributed by atoms with Crippen LogP contribution >= 0.6 is 11.3 Å². The molecule has 1 aliphatic heterocycles. The number of thiazole rings is 1.